The number of ether oxygens (including phenoxy) is 1. The number of hydrogen-bond donors (Lipinski definition) is 1. The van der Waals surface area contributed by atoms with E-state index in [1.54, 1.807) is 0 Å². The average molecular weight is 328 g/mol. The van der Waals surface area contributed by atoms with Crippen molar-refractivity contribution in [3.8, 4) is 5.75 Å². The van der Waals surface area contributed by atoms with Crippen LogP contribution in [0, 0.1) is 5.82 Å². The Labute approximate surface area is 143 Å². The minimum absolute atomic E-state index is 0.116. The van der Waals surface area contributed by atoms with E-state index in [4.69, 9.17) is 10.5 Å². The van der Waals surface area contributed by atoms with Crippen molar-refractivity contribution >= 4 is 5.69 Å². The fourth-order valence-electron chi connectivity index (χ4n) is 3.30. The van der Waals surface area contributed by atoms with Gasteiger partial charge in [-0.1, -0.05) is 19.1 Å². The summed E-state index contributed by atoms with van der Waals surface area (Å²) in [5.41, 5.74) is 8.58. The highest BCUT2D eigenvalue weighted by Gasteiger charge is 2.26. The number of benzene rings is 2. The van der Waals surface area contributed by atoms with E-state index in [9.17, 15) is 4.39 Å². The molecule has 0 amide bonds. The smallest absolute Gasteiger partial charge is 0.123 e. The lowest BCUT2D eigenvalue weighted by molar-refractivity contribution is 0.317. The van der Waals surface area contributed by atoms with E-state index in [-0.39, 0.29) is 11.9 Å². The van der Waals surface area contributed by atoms with E-state index >= 15 is 0 Å². The molecule has 0 radical (unpaired) electrons. The monoisotopic (exact) mass is 328 g/mol. The zero-order valence-electron chi connectivity index (χ0n) is 14.1. The maximum absolute atomic E-state index is 13.2. The molecule has 2 aromatic rings. The Morgan fingerprint density at radius 3 is 2.46 bits per heavy atom. The molecule has 2 unspecified atom stereocenters. The topological polar surface area (TPSA) is 38.5 Å². The number of nitrogens with zero attached hydrogens (tertiary/aromatic N) is 1. The van der Waals surface area contributed by atoms with Crippen molar-refractivity contribution in [1.29, 1.82) is 0 Å². The molecule has 0 aromatic heterocycles. The van der Waals surface area contributed by atoms with E-state index in [0.717, 1.165) is 49.5 Å². The highest BCUT2D eigenvalue weighted by molar-refractivity contribution is 5.50. The Bertz CT molecular complexity index is 642. The Hall–Kier alpha value is -2.07. The summed E-state index contributed by atoms with van der Waals surface area (Å²) in [6.07, 6.45) is 1.93. The molecular weight excluding hydrogens is 303 g/mol. The number of halogens is 1. The Morgan fingerprint density at radius 2 is 1.79 bits per heavy atom. The highest BCUT2D eigenvalue weighted by Crippen LogP contribution is 2.30. The summed E-state index contributed by atoms with van der Waals surface area (Å²) >= 11 is 0. The third-order valence-corrected chi connectivity index (χ3v) is 4.50. The van der Waals surface area contributed by atoms with Gasteiger partial charge in [0.2, 0.25) is 0 Å². The lowest BCUT2D eigenvalue weighted by atomic mass is 9.88. The van der Waals surface area contributed by atoms with E-state index in [1.807, 2.05) is 24.3 Å². The number of piperidine rings is 1. The van der Waals surface area contributed by atoms with Crippen LogP contribution in [0.3, 0.4) is 0 Å². The maximum Gasteiger partial charge on any atom is 0.123 e. The van der Waals surface area contributed by atoms with Crippen LogP contribution in [0.5, 0.6) is 5.75 Å². The first kappa shape index (κ1) is 16.8. The second kappa shape index (κ2) is 7.67. The van der Waals surface area contributed by atoms with Crippen LogP contribution >= 0.6 is 0 Å². The summed E-state index contributed by atoms with van der Waals surface area (Å²) in [5, 5.41) is 0. The summed E-state index contributed by atoms with van der Waals surface area (Å²) in [4.78, 5) is 2.31. The van der Waals surface area contributed by atoms with Crippen LogP contribution in [-0.4, -0.2) is 25.7 Å². The highest BCUT2D eigenvalue weighted by atomic mass is 19.1. The first-order valence-electron chi connectivity index (χ1n) is 8.64. The van der Waals surface area contributed by atoms with Crippen molar-refractivity contribution in [2.45, 2.75) is 31.7 Å². The summed E-state index contributed by atoms with van der Waals surface area (Å²) in [6, 6.07) is 15.1. The molecule has 3 nitrogen and oxygen atoms in total. The molecule has 1 fully saturated rings. The fraction of sp³-hybridized carbons (Fsp3) is 0.400. The quantitative estimate of drug-likeness (QED) is 0.903. The normalized spacial score (nSPS) is 20.9. The molecule has 0 spiro atoms. The van der Waals surface area contributed by atoms with Gasteiger partial charge < -0.3 is 15.4 Å². The number of nitrogens with two attached hydrogens (primary N) is 1. The van der Waals surface area contributed by atoms with E-state index in [2.05, 4.69) is 24.0 Å². The minimum atomic E-state index is -0.196. The SMILES string of the molecule is CCCOc1ccc(N2CC(N)CC(c3ccc(F)cc3)C2)cc1. The molecule has 24 heavy (non-hydrogen) atoms. The van der Waals surface area contributed by atoms with Crippen molar-refractivity contribution in [2.75, 3.05) is 24.6 Å². The molecule has 0 aliphatic carbocycles. The summed E-state index contributed by atoms with van der Waals surface area (Å²) < 4.78 is 18.8. The van der Waals surface area contributed by atoms with Gasteiger partial charge in [0.15, 0.2) is 0 Å². The van der Waals surface area contributed by atoms with Crippen molar-refractivity contribution in [2.24, 2.45) is 5.73 Å². The summed E-state index contributed by atoms with van der Waals surface area (Å²) in [7, 11) is 0. The van der Waals surface area contributed by atoms with Crippen molar-refractivity contribution in [3.05, 3.63) is 59.9 Å². The predicted molar refractivity (Wildman–Crippen MR) is 96.2 cm³/mol. The molecule has 3 rings (SSSR count). The van der Waals surface area contributed by atoms with Gasteiger partial charge in [0.05, 0.1) is 6.61 Å². The summed E-state index contributed by atoms with van der Waals surface area (Å²) in [6.45, 7) is 4.57. The van der Waals surface area contributed by atoms with Crippen LogP contribution in [0.4, 0.5) is 10.1 Å². The predicted octanol–water partition coefficient (Wildman–Crippen LogP) is 3.94. The number of anilines is 1. The zero-order chi connectivity index (χ0) is 16.9. The van der Waals surface area contributed by atoms with E-state index in [0.29, 0.717) is 5.92 Å². The molecule has 1 aliphatic heterocycles. The van der Waals surface area contributed by atoms with Gasteiger partial charge in [-0.2, -0.15) is 0 Å². The van der Waals surface area contributed by atoms with Crippen LogP contribution in [0.1, 0.15) is 31.2 Å². The van der Waals surface area contributed by atoms with Crippen LogP contribution in [0.15, 0.2) is 48.5 Å². The lowest BCUT2D eigenvalue weighted by Gasteiger charge is -2.38. The average Bonchev–Trinajstić information content (AvgIpc) is 2.60. The number of rotatable bonds is 5. The van der Waals surface area contributed by atoms with E-state index < -0.39 is 0 Å². The van der Waals surface area contributed by atoms with Crippen LogP contribution in [0.25, 0.3) is 0 Å². The van der Waals surface area contributed by atoms with Gasteiger partial charge in [-0.25, -0.2) is 4.39 Å². The number of hydrogen-bond acceptors (Lipinski definition) is 3. The van der Waals surface area contributed by atoms with Gasteiger partial charge in [0.25, 0.3) is 0 Å². The van der Waals surface area contributed by atoms with Crippen LogP contribution in [-0.2, 0) is 0 Å². The summed E-state index contributed by atoms with van der Waals surface area (Å²) in [5.74, 6) is 1.03. The molecule has 0 bridgehead atoms. The molecule has 1 aliphatic rings. The molecular formula is C20H25FN2O. The van der Waals surface area contributed by atoms with Crippen LogP contribution in [0.2, 0.25) is 0 Å². The van der Waals surface area contributed by atoms with Crippen LogP contribution < -0.4 is 15.4 Å². The standard InChI is InChI=1S/C20H25FN2O/c1-2-11-24-20-9-7-19(8-10-20)23-13-16(12-18(22)14-23)15-3-5-17(21)6-4-15/h3-10,16,18H,2,11-14,22H2,1H3. The maximum atomic E-state index is 13.2. The zero-order valence-corrected chi connectivity index (χ0v) is 14.1. The van der Waals surface area contributed by atoms with Gasteiger partial charge in [-0.15, -0.1) is 0 Å². The van der Waals surface area contributed by atoms with Gasteiger partial charge in [-0.05, 0) is 54.8 Å². The molecule has 2 N–H and O–H groups in total. The Balaban J connectivity index is 1.72. The van der Waals surface area contributed by atoms with Crippen molar-refractivity contribution < 1.29 is 9.13 Å². The third kappa shape index (κ3) is 4.06. The molecule has 4 heteroatoms. The molecule has 0 saturated carbocycles. The van der Waals surface area contributed by atoms with Gasteiger partial charge in [0.1, 0.15) is 11.6 Å². The Kier molecular flexibility index (Phi) is 5.36. The molecule has 2 atom stereocenters. The van der Waals surface area contributed by atoms with Crippen molar-refractivity contribution in [3.63, 3.8) is 0 Å². The third-order valence-electron chi connectivity index (χ3n) is 4.50. The molecule has 128 valence electrons. The van der Waals surface area contributed by atoms with Gasteiger partial charge >= 0.3 is 0 Å². The Morgan fingerprint density at radius 1 is 1.08 bits per heavy atom. The largest absolute Gasteiger partial charge is 0.494 e. The van der Waals surface area contributed by atoms with Gasteiger partial charge in [0, 0.05) is 30.7 Å². The first-order chi connectivity index (χ1) is 11.7. The minimum Gasteiger partial charge on any atom is -0.494 e. The second-order valence-corrected chi connectivity index (χ2v) is 6.49. The molecule has 1 heterocycles. The second-order valence-electron chi connectivity index (χ2n) is 6.49. The molecule has 1 saturated heterocycles. The van der Waals surface area contributed by atoms with Gasteiger partial charge in [-0.3, -0.25) is 0 Å². The molecule has 2 aromatic carbocycles. The first-order valence-corrected chi connectivity index (χ1v) is 8.64. The fourth-order valence-corrected chi connectivity index (χ4v) is 3.30. The van der Waals surface area contributed by atoms with E-state index in [1.165, 1.54) is 12.1 Å². The van der Waals surface area contributed by atoms with Crippen molar-refractivity contribution in [1.82, 2.24) is 0 Å². The lowest BCUT2D eigenvalue weighted by Crippen LogP contribution is -2.46.